The third kappa shape index (κ3) is 3.56. The van der Waals surface area contributed by atoms with E-state index in [0.717, 1.165) is 27.7 Å². The smallest absolute Gasteiger partial charge is 0.228 e. The lowest BCUT2D eigenvalue weighted by Gasteiger charge is -2.14. The lowest BCUT2D eigenvalue weighted by atomic mass is 10.1. The number of benzene rings is 2. The van der Waals surface area contributed by atoms with Crippen LogP contribution in [0.15, 0.2) is 30.5 Å². The minimum Gasteiger partial charge on any atom is -0.493 e. The Balaban J connectivity index is 1.92. The molecular weight excluding hydrogens is 344 g/mol. The number of methoxy groups -OCH3 is 3. The van der Waals surface area contributed by atoms with Gasteiger partial charge in [-0.2, -0.15) is 0 Å². The molecule has 1 amide bonds. The first-order chi connectivity index (χ1) is 13.0. The van der Waals surface area contributed by atoms with E-state index < -0.39 is 0 Å². The van der Waals surface area contributed by atoms with E-state index in [2.05, 4.69) is 10.3 Å². The monoisotopic (exact) mass is 368 g/mol. The van der Waals surface area contributed by atoms with E-state index in [1.165, 1.54) is 5.56 Å². The van der Waals surface area contributed by atoms with E-state index in [4.69, 9.17) is 14.2 Å². The Labute approximate surface area is 158 Å². The number of rotatable bonds is 6. The van der Waals surface area contributed by atoms with Gasteiger partial charge in [-0.05, 0) is 42.7 Å². The largest absolute Gasteiger partial charge is 0.493 e. The van der Waals surface area contributed by atoms with Gasteiger partial charge >= 0.3 is 0 Å². The fourth-order valence-corrected chi connectivity index (χ4v) is 3.16. The minimum absolute atomic E-state index is 0.101. The topological polar surface area (TPSA) is 72.6 Å². The molecule has 142 valence electrons. The minimum atomic E-state index is -0.101. The SMILES string of the molecule is COc1cc2[nH]cc(CC(=O)Nc3ccc(C)c(C)c3)c2c(OC)c1OC. The lowest BCUT2D eigenvalue weighted by Crippen LogP contribution is -2.14. The van der Waals surface area contributed by atoms with Crippen molar-refractivity contribution in [3.8, 4) is 17.2 Å². The number of nitrogens with one attached hydrogen (secondary N) is 2. The van der Waals surface area contributed by atoms with E-state index in [-0.39, 0.29) is 12.3 Å². The first-order valence-corrected chi connectivity index (χ1v) is 8.64. The van der Waals surface area contributed by atoms with E-state index in [9.17, 15) is 4.79 Å². The lowest BCUT2D eigenvalue weighted by molar-refractivity contribution is -0.115. The molecule has 3 aromatic rings. The molecule has 0 aliphatic rings. The molecule has 0 aliphatic carbocycles. The van der Waals surface area contributed by atoms with Crippen LogP contribution in [0.2, 0.25) is 0 Å². The van der Waals surface area contributed by atoms with Crippen molar-refractivity contribution >= 4 is 22.5 Å². The quantitative estimate of drug-likeness (QED) is 0.690. The van der Waals surface area contributed by atoms with Crippen LogP contribution < -0.4 is 19.5 Å². The van der Waals surface area contributed by atoms with E-state index in [1.54, 1.807) is 21.3 Å². The Morgan fingerprint density at radius 1 is 1.00 bits per heavy atom. The number of carbonyl (C=O) groups is 1. The van der Waals surface area contributed by atoms with Crippen LogP contribution in [0.25, 0.3) is 10.9 Å². The average Bonchev–Trinajstić information content (AvgIpc) is 3.05. The fraction of sp³-hybridized carbons (Fsp3) is 0.286. The van der Waals surface area contributed by atoms with Crippen LogP contribution in [0.5, 0.6) is 17.2 Å². The maximum atomic E-state index is 12.6. The van der Waals surface area contributed by atoms with Crippen LogP contribution in [-0.4, -0.2) is 32.2 Å². The Kier molecular flexibility index (Phi) is 5.26. The number of ether oxygens (including phenoxy) is 3. The molecule has 0 aliphatic heterocycles. The normalized spacial score (nSPS) is 10.7. The summed E-state index contributed by atoms with van der Waals surface area (Å²) < 4.78 is 16.4. The van der Waals surface area contributed by atoms with Gasteiger partial charge in [0.25, 0.3) is 0 Å². The number of hydrogen-bond acceptors (Lipinski definition) is 4. The summed E-state index contributed by atoms with van der Waals surface area (Å²) in [7, 11) is 4.71. The highest BCUT2D eigenvalue weighted by atomic mass is 16.5. The number of fused-ring (bicyclic) bond motifs is 1. The molecule has 2 N–H and O–H groups in total. The van der Waals surface area contributed by atoms with Gasteiger partial charge in [-0.3, -0.25) is 4.79 Å². The molecule has 0 spiro atoms. The van der Waals surface area contributed by atoms with Gasteiger partial charge in [-0.25, -0.2) is 0 Å². The molecule has 0 unspecified atom stereocenters. The summed E-state index contributed by atoms with van der Waals surface area (Å²) in [5.41, 5.74) is 4.76. The second-order valence-electron chi connectivity index (χ2n) is 6.41. The first-order valence-electron chi connectivity index (χ1n) is 8.64. The summed E-state index contributed by atoms with van der Waals surface area (Å²) in [4.78, 5) is 15.8. The fourth-order valence-electron chi connectivity index (χ4n) is 3.16. The van der Waals surface area contributed by atoms with Crippen molar-refractivity contribution in [3.63, 3.8) is 0 Å². The first kappa shape index (κ1) is 18.6. The highest BCUT2D eigenvalue weighted by Gasteiger charge is 2.20. The predicted molar refractivity (Wildman–Crippen MR) is 106 cm³/mol. The van der Waals surface area contributed by atoms with Gasteiger partial charge in [0.2, 0.25) is 11.7 Å². The Hall–Kier alpha value is -3.15. The number of aromatic nitrogens is 1. The zero-order valence-electron chi connectivity index (χ0n) is 16.2. The summed E-state index contributed by atoms with van der Waals surface area (Å²) in [6.45, 7) is 4.07. The predicted octanol–water partition coefficient (Wildman–Crippen LogP) is 3.99. The van der Waals surface area contributed by atoms with Gasteiger partial charge in [-0.15, -0.1) is 0 Å². The third-order valence-electron chi connectivity index (χ3n) is 4.69. The number of anilines is 1. The maximum Gasteiger partial charge on any atom is 0.228 e. The summed E-state index contributed by atoms with van der Waals surface area (Å²) in [5.74, 6) is 1.51. The standard InChI is InChI=1S/C21H24N2O4/c1-12-6-7-15(8-13(12)2)23-18(24)9-14-11-22-16-10-17(25-3)20(26-4)21(27-5)19(14)16/h6-8,10-11,22H,9H2,1-5H3,(H,23,24). The van der Waals surface area contributed by atoms with Crippen molar-refractivity contribution in [1.82, 2.24) is 4.98 Å². The molecule has 0 bridgehead atoms. The van der Waals surface area contributed by atoms with Crippen molar-refractivity contribution in [1.29, 1.82) is 0 Å². The molecule has 0 saturated heterocycles. The van der Waals surface area contributed by atoms with Crippen LogP contribution in [0, 0.1) is 13.8 Å². The average molecular weight is 368 g/mol. The Bertz CT molecular complexity index is 992. The molecule has 0 saturated carbocycles. The second kappa shape index (κ2) is 7.61. The molecule has 1 heterocycles. The van der Waals surface area contributed by atoms with Gasteiger partial charge in [0.1, 0.15) is 0 Å². The molecular formula is C21H24N2O4. The second-order valence-corrected chi connectivity index (χ2v) is 6.41. The number of hydrogen-bond donors (Lipinski definition) is 2. The summed E-state index contributed by atoms with van der Waals surface area (Å²) in [6, 6.07) is 7.71. The van der Waals surface area contributed by atoms with E-state index in [1.807, 2.05) is 44.3 Å². The molecule has 0 fully saturated rings. The highest BCUT2D eigenvalue weighted by Crippen LogP contribution is 2.44. The Morgan fingerprint density at radius 3 is 2.37 bits per heavy atom. The molecule has 0 radical (unpaired) electrons. The summed E-state index contributed by atoms with van der Waals surface area (Å²) in [6.07, 6.45) is 2.02. The van der Waals surface area contributed by atoms with Gasteiger partial charge < -0.3 is 24.5 Å². The van der Waals surface area contributed by atoms with E-state index in [0.29, 0.717) is 17.2 Å². The molecule has 0 atom stereocenters. The van der Waals surface area contributed by atoms with Gasteiger partial charge in [0.05, 0.1) is 33.3 Å². The van der Waals surface area contributed by atoms with Crippen LogP contribution in [-0.2, 0) is 11.2 Å². The number of H-pyrrole nitrogens is 1. The molecule has 27 heavy (non-hydrogen) atoms. The molecule has 2 aromatic carbocycles. The van der Waals surface area contributed by atoms with Crippen molar-refractivity contribution < 1.29 is 19.0 Å². The zero-order valence-corrected chi connectivity index (χ0v) is 16.2. The van der Waals surface area contributed by atoms with Gasteiger partial charge in [-0.1, -0.05) is 6.07 Å². The molecule has 6 heteroatoms. The third-order valence-corrected chi connectivity index (χ3v) is 4.69. The number of aryl methyl sites for hydroxylation is 2. The number of amides is 1. The maximum absolute atomic E-state index is 12.6. The summed E-state index contributed by atoms with van der Waals surface area (Å²) >= 11 is 0. The number of aromatic amines is 1. The zero-order chi connectivity index (χ0) is 19.6. The summed E-state index contributed by atoms with van der Waals surface area (Å²) in [5, 5.41) is 3.76. The van der Waals surface area contributed by atoms with Crippen LogP contribution in [0.3, 0.4) is 0 Å². The number of carbonyl (C=O) groups excluding carboxylic acids is 1. The Morgan fingerprint density at radius 2 is 1.74 bits per heavy atom. The van der Waals surface area contributed by atoms with Crippen LogP contribution in [0.1, 0.15) is 16.7 Å². The van der Waals surface area contributed by atoms with Crippen molar-refractivity contribution in [2.45, 2.75) is 20.3 Å². The highest BCUT2D eigenvalue weighted by molar-refractivity contribution is 5.99. The molecule has 6 nitrogen and oxygen atoms in total. The van der Waals surface area contributed by atoms with Crippen molar-refractivity contribution in [2.24, 2.45) is 0 Å². The van der Waals surface area contributed by atoms with Gasteiger partial charge in [0.15, 0.2) is 11.5 Å². The van der Waals surface area contributed by atoms with Crippen molar-refractivity contribution in [3.05, 3.63) is 47.2 Å². The molecule has 3 rings (SSSR count). The molecule has 1 aromatic heterocycles. The van der Waals surface area contributed by atoms with Crippen molar-refractivity contribution in [2.75, 3.05) is 26.6 Å². The van der Waals surface area contributed by atoms with Crippen LogP contribution >= 0.6 is 0 Å². The van der Waals surface area contributed by atoms with Gasteiger partial charge in [0, 0.05) is 23.3 Å². The van der Waals surface area contributed by atoms with Crippen LogP contribution in [0.4, 0.5) is 5.69 Å². The van der Waals surface area contributed by atoms with E-state index >= 15 is 0 Å².